The van der Waals surface area contributed by atoms with Gasteiger partial charge in [-0.2, -0.15) is 0 Å². The summed E-state index contributed by atoms with van der Waals surface area (Å²) in [4.78, 5) is 0. The fraction of sp³-hybridized carbons (Fsp3) is 1.00. The van der Waals surface area contributed by atoms with Crippen LogP contribution in [0.15, 0.2) is 0 Å². The van der Waals surface area contributed by atoms with Crippen LogP contribution in [0, 0.1) is 16.7 Å². The lowest BCUT2D eigenvalue weighted by molar-refractivity contribution is -0.0200. The number of aliphatic hydroxyl groups excluding tert-OH is 1. The van der Waals surface area contributed by atoms with Crippen LogP contribution in [0.1, 0.15) is 39.0 Å². The van der Waals surface area contributed by atoms with Crippen molar-refractivity contribution in [1.29, 1.82) is 0 Å². The molecule has 0 aliphatic heterocycles. The summed E-state index contributed by atoms with van der Waals surface area (Å²) in [6, 6.07) is 0. The number of hydrogen-bond acceptors (Lipinski definition) is 2. The molecule has 4 unspecified atom stereocenters. The molecule has 0 heterocycles. The summed E-state index contributed by atoms with van der Waals surface area (Å²) in [6.07, 6.45) is 5.18. The summed E-state index contributed by atoms with van der Waals surface area (Å²) >= 11 is 0. The highest BCUT2D eigenvalue weighted by molar-refractivity contribution is 5.26. The van der Waals surface area contributed by atoms with Gasteiger partial charge in [0.25, 0.3) is 0 Å². The zero-order valence-electron chi connectivity index (χ0n) is 8.21. The Morgan fingerprint density at radius 2 is 2.00 bits per heavy atom. The summed E-state index contributed by atoms with van der Waals surface area (Å²) in [6.45, 7) is 2.53. The summed E-state index contributed by atoms with van der Waals surface area (Å²) in [5.74, 6) is 0.648. The van der Waals surface area contributed by atoms with Gasteiger partial charge in [-0.05, 0) is 43.4 Å². The second kappa shape index (κ2) is 1.96. The van der Waals surface area contributed by atoms with E-state index >= 15 is 0 Å². The van der Waals surface area contributed by atoms with Gasteiger partial charge in [0.05, 0.1) is 5.60 Å². The van der Waals surface area contributed by atoms with Gasteiger partial charge in [-0.3, -0.25) is 0 Å². The lowest BCUT2D eigenvalue weighted by Gasteiger charge is -2.35. The molecule has 3 aliphatic carbocycles. The maximum Gasteiger partial charge on any atom is 0.0662 e. The summed E-state index contributed by atoms with van der Waals surface area (Å²) in [5, 5.41) is 19.7. The first-order valence-corrected chi connectivity index (χ1v) is 5.37. The first-order valence-electron chi connectivity index (χ1n) is 5.37. The Hall–Kier alpha value is -0.0800. The van der Waals surface area contributed by atoms with Crippen LogP contribution >= 0.6 is 0 Å². The predicted octanol–water partition coefficient (Wildman–Crippen LogP) is 1.31. The standard InChI is InChI=1S/C11H18O2/c1-8-2-9-4-10(9,7-12)6-11(13,3-8)5-9/h8,12-13H,2-7H2,1H3. The Balaban J connectivity index is 1.96. The molecule has 0 radical (unpaired) electrons. The maximum atomic E-state index is 10.3. The van der Waals surface area contributed by atoms with Crippen molar-refractivity contribution in [2.45, 2.75) is 44.6 Å². The van der Waals surface area contributed by atoms with Gasteiger partial charge in [0.15, 0.2) is 0 Å². The fourth-order valence-electron chi connectivity index (χ4n) is 4.60. The average molecular weight is 182 g/mol. The van der Waals surface area contributed by atoms with Crippen LogP contribution in [0.25, 0.3) is 0 Å². The van der Waals surface area contributed by atoms with Crippen LogP contribution in [0.3, 0.4) is 0 Å². The predicted molar refractivity (Wildman–Crippen MR) is 49.2 cm³/mol. The lowest BCUT2D eigenvalue weighted by Crippen LogP contribution is -2.34. The van der Waals surface area contributed by atoms with Crippen LogP contribution in [0.4, 0.5) is 0 Å². The molecule has 0 amide bonds. The second-order valence-electron chi connectivity index (χ2n) is 5.99. The molecule has 74 valence electrons. The van der Waals surface area contributed by atoms with Gasteiger partial charge in [0.2, 0.25) is 0 Å². The molecule has 2 bridgehead atoms. The van der Waals surface area contributed by atoms with Gasteiger partial charge in [0, 0.05) is 12.0 Å². The number of aliphatic hydroxyl groups is 2. The third-order valence-corrected chi connectivity index (χ3v) is 4.78. The van der Waals surface area contributed by atoms with Crippen LogP contribution < -0.4 is 0 Å². The Morgan fingerprint density at radius 3 is 2.69 bits per heavy atom. The van der Waals surface area contributed by atoms with E-state index in [0.717, 1.165) is 19.3 Å². The topological polar surface area (TPSA) is 40.5 Å². The minimum absolute atomic E-state index is 0.131. The molecule has 2 nitrogen and oxygen atoms in total. The van der Waals surface area contributed by atoms with Crippen molar-refractivity contribution in [3.63, 3.8) is 0 Å². The number of fused-ring (bicyclic) bond motifs is 1. The highest BCUT2D eigenvalue weighted by Gasteiger charge is 2.76. The van der Waals surface area contributed by atoms with E-state index < -0.39 is 5.60 Å². The minimum Gasteiger partial charge on any atom is -0.396 e. The van der Waals surface area contributed by atoms with Gasteiger partial charge < -0.3 is 10.2 Å². The van der Waals surface area contributed by atoms with Gasteiger partial charge in [-0.1, -0.05) is 6.92 Å². The molecule has 0 saturated heterocycles. The monoisotopic (exact) mass is 182 g/mol. The molecule has 2 heteroatoms. The van der Waals surface area contributed by atoms with E-state index in [9.17, 15) is 10.2 Å². The molecular weight excluding hydrogens is 164 g/mol. The summed E-state index contributed by atoms with van der Waals surface area (Å²) < 4.78 is 0. The zero-order chi connectivity index (χ0) is 9.32. The van der Waals surface area contributed by atoms with Crippen molar-refractivity contribution in [1.82, 2.24) is 0 Å². The lowest BCUT2D eigenvalue weighted by atomic mass is 9.75. The molecule has 4 atom stereocenters. The van der Waals surface area contributed by atoms with Crippen LogP contribution in [-0.2, 0) is 0 Å². The quantitative estimate of drug-likeness (QED) is 0.642. The highest BCUT2D eigenvalue weighted by atomic mass is 16.3. The van der Waals surface area contributed by atoms with E-state index in [1.54, 1.807) is 0 Å². The normalized spacial score (nSPS) is 63.5. The van der Waals surface area contributed by atoms with Crippen LogP contribution in [0.5, 0.6) is 0 Å². The second-order valence-corrected chi connectivity index (χ2v) is 5.99. The van der Waals surface area contributed by atoms with Crippen molar-refractivity contribution in [2.24, 2.45) is 16.7 Å². The molecule has 3 saturated carbocycles. The first-order chi connectivity index (χ1) is 6.03. The van der Waals surface area contributed by atoms with E-state index in [1.165, 1.54) is 12.8 Å². The Kier molecular flexibility index (Phi) is 1.24. The highest BCUT2D eigenvalue weighted by Crippen LogP contribution is 2.80. The molecular formula is C11H18O2. The molecule has 3 fully saturated rings. The summed E-state index contributed by atoms with van der Waals surface area (Å²) in [5.41, 5.74) is 0.0549. The molecule has 1 spiro atoms. The molecule has 0 aromatic carbocycles. The molecule has 0 aromatic heterocycles. The van der Waals surface area contributed by atoms with Crippen molar-refractivity contribution < 1.29 is 10.2 Å². The van der Waals surface area contributed by atoms with Crippen molar-refractivity contribution in [3.8, 4) is 0 Å². The first kappa shape index (κ1) is 8.25. The molecule has 2 N–H and O–H groups in total. The van der Waals surface area contributed by atoms with Gasteiger partial charge >= 0.3 is 0 Å². The van der Waals surface area contributed by atoms with Crippen LogP contribution in [0.2, 0.25) is 0 Å². The Morgan fingerprint density at radius 1 is 1.23 bits per heavy atom. The molecule has 0 aromatic rings. The smallest absolute Gasteiger partial charge is 0.0662 e. The van der Waals surface area contributed by atoms with E-state index in [1.807, 2.05) is 0 Å². The minimum atomic E-state index is -0.418. The van der Waals surface area contributed by atoms with Gasteiger partial charge in [-0.25, -0.2) is 0 Å². The van der Waals surface area contributed by atoms with E-state index in [-0.39, 0.29) is 5.41 Å². The van der Waals surface area contributed by atoms with E-state index in [2.05, 4.69) is 6.92 Å². The van der Waals surface area contributed by atoms with E-state index in [0.29, 0.717) is 17.9 Å². The average Bonchev–Trinajstić information content (AvgIpc) is 2.47. The third-order valence-electron chi connectivity index (χ3n) is 4.78. The summed E-state index contributed by atoms with van der Waals surface area (Å²) in [7, 11) is 0. The SMILES string of the molecule is CC1CC2(O)CC3(CO)CC3(C1)C2. The molecule has 3 rings (SSSR count). The van der Waals surface area contributed by atoms with Gasteiger partial charge in [0.1, 0.15) is 0 Å². The number of hydrogen-bond donors (Lipinski definition) is 2. The van der Waals surface area contributed by atoms with Crippen molar-refractivity contribution in [2.75, 3.05) is 6.61 Å². The van der Waals surface area contributed by atoms with E-state index in [4.69, 9.17) is 0 Å². The van der Waals surface area contributed by atoms with Crippen molar-refractivity contribution >= 4 is 0 Å². The largest absolute Gasteiger partial charge is 0.396 e. The van der Waals surface area contributed by atoms with Crippen molar-refractivity contribution in [3.05, 3.63) is 0 Å². The molecule has 13 heavy (non-hydrogen) atoms. The zero-order valence-corrected chi connectivity index (χ0v) is 8.21. The third kappa shape index (κ3) is 0.816. The van der Waals surface area contributed by atoms with Crippen LogP contribution in [-0.4, -0.2) is 22.4 Å². The molecule has 3 aliphatic rings. The number of rotatable bonds is 1. The van der Waals surface area contributed by atoms with Gasteiger partial charge in [-0.15, -0.1) is 0 Å². The Bertz CT molecular complexity index is 265. The Labute approximate surface area is 79.0 Å². The fourth-order valence-corrected chi connectivity index (χ4v) is 4.60. The maximum absolute atomic E-state index is 10.3.